The first-order chi connectivity index (χ1) is 14.9. The van der Waals surface area contributed by atoms with Crippen molar-refractivity contribution in [2.24, 2.45) is 5.73 Å². The van der Waals surface area contributed by atoms with Crippen LogP contribution in [-0.4, -0.2) is 80.0 Å². The van der Waals surface area contributed by atoms with E-state index >= 15 is 0 Å². The largest absolute Gasteiger partial charge is 0.508 e. The second kappa shape index (κ2) is 11.3. The monoisotopic (exact) mass is 550 g/mol. The fourth-order valence-corrected chi connectivity index (χ4v) is 6.92. The van der Waals surface area contributed by atoms with Crippen LogP contribution in [0.4, 0.5) is 9.59 Å². The fourth-order valence-electron chi connectivity index (χ4n) is 3.17. The molecule has 2 amide bonds. The maximum Gasteiger partial charge on any atom is 0.508 e. The van der Waals surface area contributed by atoms with E-state index in [9.17, 15) is 19.2 Å². The van der Waals surface area contributed by atoms with Crippen LogP contribution in [-0.2, 0) is 28.5 Å². The van der Waals surface area contributed by atoms with E-state index in [0.717, 1.165) is 0 Å². The second-order valence-corrected chi connectivity index (χ2v) is 11.9. The van der Waals surface area contributed by atoms with Crippen molar-refractivity contribution >= 4 is 82.5 Å². The minimum atomic E-state index is -1.86. The van der Waals surface area contributed by atoms with Crippen LogP contribution >= 0.6 is 58.3 Å². The number of thioether (sulfide) groups is 2. The Balaban J connectivity index is 2.28. The molecule has 0 aromatic carbocycles. The van der Waals surface area contributed by atoms with E-state index < -0.39 is 44.8 Å². The number of nitrogens with two attached hydrogens (primary N) is 1. The minimum Gasteiger partial charge on any atom is -0.460 e. The van der Waals surface area contributed by atoms with E-state index in [1.165, 1.54) is 41.4 Å². The normalized spacial score (nSPS) is 25.2. The van der Waals surface area contributed by atoms with Gasteiger partial charge >= 0.3 is 18.2 Å². The average molecular weight is 552 g/mol. The molecule has 2 heterocycles. The third-order valence-electron chi connectivity index (χ3n) is 4.45. The van der Waals surface area contributed by atoms with Crippen molar-refractivity contribution < 1.29 is 38.1 Å². The van der Waals surface area contributed by atoms with Gasteiger partial charge in [-0.2, -0.15) is 0 Å². The average Bonchev–Trinajstić information content (AvgIpc) is 2.96. The third kappa shape index (κ3) is 6.22. The zero-order valence-electron chi connectivity index (χ0n) is 16.8. The number of nitrogens with zero attached hydrogens (tertiary/aromatic N) is 1. The predicted molar refractivity (Wildman–Crippen MR) is 121 cm³/mol. The molecular formula is C17H21Cl3N2O8S2. The van der Waals surface area contributed by atoms with Gasteiger partial charge in [0.1, 0.15) is 25.9 Å². The van der Waals surface area contributed by atoms with E-state index in [2.05, 4.69) is 6.58 Å². The SMILES string of the molecule is C=CCOC(=O)C1(C(C)OC(=O)OCC(Cl)(Cl)Cl)C(SCCOC(N)=O)S[C@@H]2CC(=O)N21. The number of carbonyl (C=O) groups excluding carboxylic acids is 4. The van der Waals surface area contributed by atoms with Crippen LogP contribution in [0, 0.1) is 0 Å². The number of fused-ring (bicyclic) bond motifs is 1. The molecule has 2 saturated heterocycles. The van der Waals surface area contributed by atoms with Gasteiger partial charge in [0.05, 0.1) is 16.4 Å². The summed E-state index contributed by atoms with van der Waals surface area (Å²) in [6.45, 7) is 4.22. The highest BCUT2D eigenvalue weighted by atomic mass is 35.6. The van der Waals surface area contributed by atoms with Crippen molar-refractivity contribution in [1.82, 2.24) is 4.90 Å². The summed E-state index contributed by atoms with van der Waals surface area (Å²) in [4.78, 5) is 50.1. The number of amides is 2. The molecule has 0 bridgehead atoms. The van der Waals surface area contributed by atoms with Crippen molar-refractivity contribution in [3.8, 4) is 0 Å². The molecule has 0 aromatic heterocycles. The number of esters is 1. The van der Waals surface area contributed by atoms with E-state index in [1.807, 2.05) is 0 Å². The molecule has 10 nitrogen and oxygen atoms in total. The topological polar surface area (TPSA) is 134 Å². The number of β-lactam (4-membered cyclic amide) rings is 1. The van der Waals surface area contributed by atoms with E-state index in [4.69, 9.17) is 59.5 Å². The van der Waals surface area contributed by atoms with Crippen molar-refractivity contribution in [2.45, 2.75) is 38.7 Å². The van der Waals surface area contributed by atoms with Gasteiger partial charge in [0.2, 0.25) is 9.70 Å². The molecule has 0 saturated carbocycles. The molecule has 32 heavy (non-hydrogen) atoms. The first kappa shape index (κ1) is 27.0. The summed E-state index contributed by atoms with van der Waals surface area (Å²) in [6.07, 6.45) is -1.75. The lowest BCUT2D eigenvalue weighted by molar-refractivity contribution is -0.177. The Morgan fingerprint density at radius 2 is 2.06 bits per heavy atom. The Bertz CT molecular complexity index is 769. The highest BCUT2D eigenvalue weighted by Gasteiger charge is 2.70. The summed E-state index contributed by atoms with van der Waals surface area (Å²) in [7, 11) is 0. The molecule has 0 radical (unpaired) electrons. The maximum atomic E-state index is 13.3. The molecule has 0 aromatic rings. The number of hydrogen-bond acceptors (Lipinski definition) is 10. The Labute approximate surface area is 207 Å². The van der Waals surface area contributed by atoms with Crippen molar-refractivity contribution in [1.29, 1.82) is 0 Å². The minimum absolute atomic E-state index is 0.0199. The molecule has 3 unspecified atom stereocenters. The van der Waals surface area contributed by atoms with Gasteiger partial charge in [-0.25, -0.2) is 14.4 Å². The lowest BCUT2D eigenvalue weighted by atomic mass is 9.89. The van der Waals surface area contributed by atoms with Crippen LogP contribution in [0.5, 0.6) is 0 Å². The zero-order chi connectivity index (χ0) is 24.1. The van der Waals surface area contributed by atoms with Gasteiger partial charge in [-0.1, -0.05) is 47.5 Å². The zero-order valence-corrected chi connectivity index (χ0v) is 20.7. The highest BCUT2D eigenvalue weighted by Crippen LogP contribution is 2.56. The molecule has 15 heteroatoms. The van der Waals surface area contributed by atoms with Crippen LogP contribution in [0.2, 0.25) is 0 Å². The summed E-state index contributed by atoms with van der Waals surface area (Å²) in [5, 5.41) is -0.323. The van der Waals surface area contributed by atoms with Gasteiger partial charge in [-0.15, -0.1) is 23.5 Å². The van der Waals surface area contributed by atoms with E-state index in [1.54, 1.807) is 0 Å². The summed E-state index contributed by atoms with van der Waals surface area (Å²) in [5.41, 5.74) is 3.29. The fraction of sp³-hybridized carbons (Fsp3) is 0.647. The summed E-state index contributed by atoms with van der Waals surface area (Å²) < 4.78 is 17.7. The quantitative estimate of drug-likeness (QED) is 0.108. The van der Waals surface area contributed by atoms with E-state index in [0.29, 0.717) is 0 Å². The van der Waals surface area contributed by atoms with Gasteiger partial charge in [0.25, 0.3) is 0 Å². The predicted octanol–water partition coefficient (Wildman–Crippen LogP) is 2.83. The number of ether oxygens (including phenoxy) is 4. The first-order valence-electron chi connectivity index (χ1n) is 9.13. The van der Waals surface area contributed by atoms with Crippen LogP contribution in [0.15, 0.2) is 12.7 Å². The first-order valence-corrected chi connectivity index (χ1v) is 12.3. The second-order valence-electron chi connectivity index (χ2n) is 6.56. The van der Waals surface area contributed by atoms with Gasteiger partial charge in [-0.05, 0) is 6.92 Å². The van der Waals surface area contributed by atoms with Gasteiger partial charge in [0.15, 0.2) is 5.54 Å². The number of hydrogen-bond donors (Lipinski definition) is 1. The molecule has 2 aliphatic heterocycles. The summed E-state index contributed by atoms with van der Waals surface area (Å²) in [6, 6.07) is 0. The molecule has 180 valence electrons. The van der Waals surface area contributed by atoms with Crippen LogP contribution < -0.4 is 5.73 Å². The smallest absolute Gasteiger partial charge is 0.460 e. The number of halogens is 3. The molecular weight excluding hydrogens is 531 g/mol. The summed E-state index contributed by atoms with van der Waals surface area (Å²) in [5.74, 6) is -0.828. The highest BCUT2D eigenvalue weighted by molar-refractivity contribution is 8.17. The summed E-state index contributed by atoms with van der Waals surface area (Å²) >= 11 is 19.3. The van der Waals surface area contributed by atoms with Gasteiger partial charge < -0.3 is 29.6 Å². The lowest BCUT2D eigenvalue weighted by Gasteiger charge is -2.47. The molecule has 2 fully saturated rings. The molecule has 0 spiro atoms. The number of rotatable bonds is 10. The molecule has 0 aliphatic carbocycles. The van der Waals surface area contributed by atoms with Crippen LogP contribution in [0.3, 0.4) is 0 Å². The Morgan fingerprint density at radius 3 is 2.62 bits per heavy atom. The Kier molecular flexibility index (Phi) is 9.53. The van der Waals surface area contributed by atoms with Crippen molar-refractivity contribution in [2.75, 3.05) is 25.6 Å². The van der Waals surface area contributed by atoms with E-state index in [-0.39, 0.29) is 36.7 Å². The Morgan fingerprint density at radius 1 is 1.38 bits per heavy atom. The van der Waals surface area contributed by atoms with Crippen molar-refractivity contribution in [3.05, 3.63) is 12.7 Å². The van der Waals surface area contributed by atoms with Crippen LogP contribution in [0.25, 0.3) is 0 Å². The molecule has 2 aliphatic rings. The van der Waals surface area contributed by atoms with Crippen molar-refractivity contribution in [3.63, 3.8) is 0 Å². The number of carbonyl (C=O) groups is 4. The molecule has 4 atom stereocenters. The van der Waals surface area contributed by atoms with Gasteiger partial charge in [0, 0.05) is 5.75 Å². The molecule has 2 rings (SSSR count). The third-order valence-corrected chi connectivity index (χ3v) is 7.88. The lowest BCUT2D eigenvalue weighted by Crippen LogP contribution is -2.70. The number of alkyl halides is 3. The standard InChI is InChI=1S/C17H21Cl3N2O8S2/c1-3-4-27-12(24)17(9(2)30-15(26)29-8-16(18,19)20)13(31-6-5-28-14(21)25)32-11-7-10(23)22(11)17/h3,9,11,13H,1,4-8H2,2H3,(H2,21,25)/t9?,11-,13?,17?/m1/s1. The number of primary amides is 1. The maximum absolute atomic E-state index is 13.3. The van der Waals surface area contributed by atoms with Crippen LogP contribution in [0.1, 0.15) is 13.3 Å². The Hall–Kier alpha value is -1.21. The van der Waals surface area contributed by atoms with Gasteiger partial charge in [-0.3, -0.25) is 4.79 Å². The molecule has 2 N–H and O–H groups in total.